The van der Waals surface area contributed by atoms with E-state index >= 15 is 0 Å². The molecule has 0 saturated heterocycles. The molecule has 0 fully saturated rings. The number of benzene rings is 2. The first-order valence-corrected chi connectivity index (χ1v) is 10.4. The second-order valence-electron chi connectivity index (χ2n) is 8.71. The fraction of sp³-hybridized carbons (Fsp3) is 0.320. The number of para-hydroxylation sites is 1. The Bertz CT molecular complexity index is 1070. The predicted molar refractivity (Wildman–Crippen MR) is 126 cm³/mol. The van der Waals surface area contributed by atoms with Gasteiger partial charge in [-0.2, -0.15) is 5.10 Å². The van der Waals surface area contributed by atoms with Crippen molar-refractivity contribution in [2.75, 3.05) is 5.32 Å². The van der Waals surface area contributed by atoms with Gasteiger partial charge < -0.3 is 5.32 Å². The maximum Gasteiger partial charge on any atom is 0.257 e. The number of nitrogens with zero attached hydrogens (tertiary/aromatic N) is 3. The van der Waals surface area contributed by atoms with Crippen LogP contribution >= 0.6 is 0 Å². The number of aryl methyl sites for hydroxylation is 2. The van der Waals surface area contributed by atoms with Gasteiger partial charge in [-0.25, -0.2) is 4.99 Å². The number of hydrogen-bond donors (Lipinski definition) is 2. The van der Waals surface area contributed by atoms with Crippen LogP contribution in [0, 0.1) is 13.8 Å². The molecule has 0 radical (unpaired) electrons. The van der Waals surface area contributed by atoms with Crippen LogP contribution in [-0.2, 0) is 19.0 Å². The predicted octanol–water partition coefficient (Wildman–Crippen LogP) is 4.73. The Morgan fingerprint density at radius 2 is 1.68 bits per heavy atom. The highest BCUT2D eigenvalue weighted by Gasteiger charge is 2.16. The Morgan fingerprint density at radius 3 is 2.23 bits per heavy atom. The highest BCUT2D eigenvalue weighted by atomic mass is 16.1. The van der Waals surface area contributed by atoms with Gasteiger partial charge in [-0.05, 0) is 49.1 Å². The van der Waals surface area contributed by atoms with E-state index in [0.29, 0.717) is 18.1 Å². The molecule has 3 rings (SSSR count). The second-order valence-corrected chi connectivity index (χ2v) is 8.71. The fourth-order valence-corrected chi connectivity index (χ4v) is 3.27. The zero-order valence-electron chi connectivity index (χ0n) is 19.2. The molecule has 6 nitrogen and oxygen atoms in total. The minimum atomic E-state index is -0.206. The molecule has 0 aliphatic carbocycles. The van der Waals surface area contributed by atoms with Crippen molar-refractivity contribution in [2.45, 2.75) is 46.6 Å². The molecule has 6 heteroatoms. The first kappa shape index (κ1) is 22.3. The lowest BCUT2D eigenvalue weighted by Gasteiger charge is -2.19. The normalized spacial score (nSPS) is 12.0. The van der Waals surface area contributed by atoms with Crippen LogP contribution in [-0.4, -0.2) is 21.6 Å². The van der Waals surface area contributed by atoms with Gasteiger partial charge in [0.05, 0.1) is 12.2 Å². The molecule has 0 unspecified atom stereocenters. The molecule has 162 valence electrons. The summed E-state index contributed by atoms with van der Waals surface area (Å²) >= 11 is 0. The zero-order valence-corrected chi connectivity index (χ0v) is 19.2. The third-order valence-electron chi connectivity index (χ3n) is 5.34. The topological polar surface area (TPSA) is 71.3 Å². The molecular weight excluding hydrogens is 386 g/mol. The van der Waals surface area contributed by atoms with Crippen molar-refractivity contribution in [3.8, 4) is 0 Å². The second kappa shape index (κ2) is 9.16. The van der Waals surface area contributed by atoms with Gasteiger partial charge in [-0.15, -0.1) is 0 Å². The summed E-state index contributed by atoms with van der Waals surface area (Å²) in [6.07, 6.45) is 0. The van der Waals surface area contributed by atoms with E-state index in [1.54, 1.807) is 0 Å². The SMILES string of the molecule is Cc1nn(C)c(C)c1CN=C(NC(=O)c1ccc(C(C)(C)C)cc1)Nc1ccccc1. The van der Waals surface area contributed by atoms with Gasteiger partial charge in [0.15, 0.2) is 0 Å². The number of guanidine groups is 1. The number of amides is 1. The largest absolute Gasteiger partial charge is 0.326 e. The molecule has 0 saturated carbocycles. The monoisotopic (exact) mass is 417 g/mol. The highest BCUT2D eigenvalue weighted by Crippen LogP contribution is 2.22. The van der Waals surface area contributed by atoms with Gasteiger partial charge >= 0.3 is 0 Å². The van der Waals surface area contributed by atoms with Crippen molar-refractivity contribution in [3.05, 3.63) is 82.7 Å². The number of nitrogens with one attached hydrogen (secondary N) is 2. The van der Waals surface area contributed by atoms with E-state index in [9.17, 15) is 4.79 Å². The lowest BCUT2D eigenvalue weighted by atomic mass is 9.87. The molecule has 1 amide bonds. The quantitative estimate of drug-likeness (QED) is 0.476. The third kappa shape index (κ3) is 5.60. The molecule has 0 aliphatic heterocycles. The minimum Gasteiger partial charge on any atom is -0.326 e. The number of anilines is 1. The standard InChI is InChI=1S/C25H31N5O/c1-17-22(18(2)30(6)29-17)16-26-24(27-21-10-8-7-9-11-21)28-23(31)19-12-14-20(15-13-19)25(3,4)5/h7-15H,16H2,1-6H3,(H2,26,27,28,31). The third-order valence-corrected chi connectivity index (χ3v) is 5.34. The molecule has 0 bridgehead atoms. The van der Waals surface area contributed by atoms with Crippen molar-refractivity contribution in [2.24, 2.45) is 12.0 Å². The molecule has 3 aromatic rings. The Hall–Kier alpha value is -3.41. The highest BCUT2D eigenvalue weighted by molar-refractivity contribution is 6.09. The molecule has 0 spiro atoms. The van der Waals surface area contributed by atoms with Crippen molar-refractivity contribution >= 4 is 17.6 Å². The average molecular weight is 418 g/mol. The Kier molecular flexibility index (Phi) is 6.59. The van der Waals surface area contributed by atoms with Crippen molar-refractivity contribution in [3.63, 3.8) is 0 Å². The molecule has 2 N–H and O–H groups in total. The van der Waals surface area contributed by atoms with Crippen LogP contribution in [0.5, 0.6) is 0 Å². The number of hydrogen-bond acceptors (Lipinski definition) is 3. The number of carbonyl (C=O) groups is 1. The smallest absolute Gasteiger partial charge is 0.257 e. The summed E-state index contributed by atoms with van der Waals surface area (Å²) in [6, 6.07) is 17.4. The van der Waals surface area contributed by atoms with E-state index in [4.69, 9.17) is 0 Å². The summed E-state index contributed by atoms with van der Waals surface area (Å²) in [5, 5.41) is 10.6. The van der Waals surface area contributed by atoms with Gasteiger partial charge in [0.25, 0.3) is 5.91 Å². The number of rotatable bonds is 4. The summed E-state index contributed by atoms with van der Waals surface area (Å²) in [7, 11) is 1.92. The fourth-order valence-electron chi connectivity index (χ4n) is 3.27. The van der Waals surface area contributed by atoms with E-state index in [0.717, 1.165) is 22.6 Å². The van der Waals surface area contributed by atoms with Gasteiger partial charge in [-0.3, -0.25) is 14.8 Å². The molecule has 1 heterocycles. The Morgan fingerprint density at radius 1 is 1.03 bits per heavy atom. The van der Waals surface area contributed by atoms with Gasteiger partial charge in [0.1, 0.15) is 0 Å². The molecular formula is C25H31N5O. The lowest BCUT2D eigenvalue weighted by Crippen LogP contribution is -2.36. The zero-order chi connectivity index (χ0) is 22.6. The molecule has 0 aliphatic rings. The Labute approximate surface area is 184 Å². The minimum absolute atomic E-state index is 0.0376. The first-order valence-electron chi connectivity index (χ1n) is 10.4. The molecule has 1 aromatic heterocycles. The number of aliphatic imine (C=N–C) groups is 1. The summed E-state index contributed by atoms with van der Waals surface area (Å²) in [6.45, 7) is 10.9. The Balaban J connectivity index is 1.83. The van der Waals surface area contributed by atoms with Gasteiger partial charge in [0.2, 0.25) is 5.96 Å². The lowest BCUT2D eigenvalue weighted by molar-refractivity contribution is 0.0977. The van der Waals surface area contributed by atoms with Crippen LogP contribution < -0.4 is 10.6 Å². The van der Waals surface area contributed by atoms with Crippen LogP contribution in [0.25, 0.3) is 0 Å². The van der Waals surface area contributed by atoms with Crippen LogP contribution in [0.15, 0.2) is 59.6 Å². The van der Waals surface area contributed by atoms with Crippen LogP contribution in [0.4, 0.5) is 5.69 Å². The van der Waals surface area contributed by atoms with Crippen molar-refractivity contribution < 1.29 is 4.79 Å². The van der Waals surface area contributed by atoms with Crippen molar-refractivity contribution in [1.82, 2.24) is 15.1 Å². The molecule has 2 aromatic carbocycles. The van der Waals surface area contributed by atoms with E-state index in [-0.39, 0.29) is 11.3 Å². The van der Waals surface area contributed by atoms with E-state index < -0.39 is 0 Å². The van der Waals surface area contributed by atoms with Crippen molar-refractivity contribution in [1.29, 1.82) is 0 Å². The first-order chi connectivity index (χ1) is 14.6. The average Bonchev–Trinajstić information content (AvgIpc) is 2.97. The molecule has 31 heavy (non-hydrogen) atoms. The van der Waals surface area contributed by atoms with Crippen LogP contribution in [0.2, 0.25) is 0 Å². The summed E-state index contributed by atoms with van der Waals surface area (Å²) in [4.78, 5) is 17.6. The van der Waals surface area contributed by atoms with Gasteiger partial charge in [0, 0.05) is 29.6 Å². The number of carbonyl (C=O) groups excluding carboxylic acids is 1. The number of aromatic nitrogens is 2. The van der Waals surface area contributed by atoms with Crippen LogP contribution in [0.3, 0.4) is 0 Å². The summed E-state index contributed by atoms with van der Waals surface area (Å²) in [5.41, 5.74) is 5.71. The van der Waals surface area contributed by atoms with Gasteiger partial charge in [-0.1, -0.05) is 51.1 Å². The summed E-state index contributed by atoms with van der Waals surface area (Å²) < 4.78 is 1.85. The van der Waals surface area contributed by atoms with E-state index in [2.05, 4.69) is 41.5 Å². The summed E-state index contributed by atoms with van der Waals surface area (Å²) in [5.74, 6) is 0.195. The maximum atomic E-state index is 12.9. The van der Waals surface area contributed by atoms with E-state index in [1.165, 1.54) is 5.56 Å². The molecule has 0 atom stereocenters. The van der Waals surface area contributed by atoms with E-state index in [1.807, 2.05) is 80.2 Å². The maximum absolute atomic E-state index is 12.9. The van der Waals surface area contributed by atoms with Crippen LogP contribution in [0.1, 0.15) is 53.6 Å².